The lowest BCUT2D eigenvalue weighted by atomic mass is 9.74. The van der Waals surface area contributed by atoms with Gasteiger partial charge in [0, 0.05) is 34.3 Å². The fourth-order valence-electron chi connectivity index (χ4n) is 9.66. The molecule has 2 fully saturated rings. The molecule has 0 amide bonds. The molecule has 28 heteroatoms. The second-order valence-electron chi connectivity index (χ2n) is 18.7. The summed E-state index contributed by atoms with van der Waals surface area (Å²) in [4.78, 5) is -0.639. The summed E-state index contributed by atoms with van der Waals surface area (Å²) in [6.07, 6.45) is -25.5. The molecule has 0 aliphatic heterocycles. The van der Waals surface area contributed by atoms with Crippen LogP contribution in [-0.2, 0) is 63.1 Å². The lowest BCUT2D eigenvalue weighted by Crippen LogP contribution is -2.56. The van der Waals surface area contributed by atoms with Crippen molar-refractivity contribution in [1.29, 1.82) is 0 Å². The molecule has 0 spiro atoms. The van der Waals surface area contributed by atoms with Gasteiger partial charge in [0.25, 0.3) is 11.2 Å². The van der Waals surface area contributed by atoms with Gasteiger partial charge in [-0.15, -0.1) is 0 Å². The quantitative estimate of drug-likeness (QED) is 0.0812. The fourth-order valence-corrected chi connectivity index (χ4v) is 14.2. The zero-order valence-corrected chi connectivity index (χ0v) is 42.0. The van der Waals surface area contributed by atoms with E-state index in [0.29, 0.717) is 48.5 Å². The van der Waals surface area contributed by atoms with E-state index in [1.807, 2.05) is 0 Å². The predicted octanol–water partition coefficient (Wildman–Crippen LogP) is 12.9. The highest BCUT2D eigenvalue weighted by Crippen LogP contribution is 2.57. The smallest absolute Gasteiger partial charge is 0.349 e. The molecule has 6 aromatic carbocycles. The van der Waals surface area contributed by atoms with Crippen LogP contribution in [0.2, 0.25) is 0 Å². The van der Waals surface area contributed by atoms with E-state index in [0.717, 1.165) is 84.9 Å². The van der Waals surface area contributed by atoms with Gasteiger partial charge in [0.15, 0.2) is 19.7 Å². The Labute approximate surface area is 443 Å². The van der Waals surface area contributed by atoms with Crippen molar-refractivity contribution in [2.45, 2.75) is 106 Å². The van der Waals surface area contributed by atoms with Crippen molar-refractivity contribution in [3.63, 3.8) is 0 Å². The van der Waals surface area contributed by atoms with Gasteiger partial charge < -0.3 is 20.9 Å². The number of halogens is 18. The van der Waals surface area contributed by atoms with Gasteiger partial charge in [0.2, 0.25) is 0 Å². The molecule has 0 unspecified atom stereocenters. The van der Waals surface area contributed by atoms with Crippen LogP contribution in [0.15, 0.2) is 143 Å². The first-order valence-corrected chi connectivity index (χ1v) is 26.0. The first-order chi connectivity index (χ1) is 36.9. The second kappa shape index (κ2) is 21.6. The summed E-state index contributed by atoms with van der Waals surface area (Å²) in [7, 11) is -8.67. The molecule has 0 radical (unpaired) electrons. The maximum atomic E-state index is 14.2. The average Bonchev–Trinajstić information content (AvgIpc) is 3.34. The third kappa shape index (κ3) is 10.7. The van der Waals surface area contributed by atoms with E-state index in [2.05, 4.69) is 9.47 Å². The van der Waals surface area contributed by atoms with E-state index in [1.165, 1.54) is 0 Å². The number of nitrogens with two attached hydrogens (primary N) is 2. The summed E-state index contributed by atoms with van der Waals surface area (Å²) in [6.45, 7) is -3.45. The average molecular weight is 1190 g/mol. The van der Waals surface area contributed by atoms with Crippen molar-refractivity contribution in [1.82, 2.24) is 0 Å². The molecule has 0 saturated heterocycles. The standard InChI is InChI=1S/2C26H20F9NO3S/c2*27-17-8-10-19(11-9-17)40(37,38)23(12-18(36)13-23)15-4-6-16(7-5-15)24(25(30,31)32,26(33,34)35)39-14-20-21(28)2-1-3-22(20)29/h2*1-11,18H,12-14,36H2. The van der Waals surface area contributed by atoms with Crippen LogP contribution in [0.4, 0.5) is 79.0 Å². The lowest BCUT2D eigenvalue weighted by Gasteiger charge is -2.46. The highest BCUT2D eigenvalue weighted by atomic mass is 32.2. The van der Waals surface area contributed by atoms with E-state index in [9.17, 15) is 95.9 Å². The molecule has 0 atom stereocenters. The molecule has 80 heavy (non-hydrogen) atoms. The molecular formula is C52H40F18N2O6S2. The molecule has 432 valence electrons. The molecule has 2 aliphatic rings. The Morgan fingerprint density at radius 3 is 0.875 bits per heavy atom. The molecule has 4 N–H and O–H groups in total. The Kier molecular flexibility index (Phi) is 16.6. The van der Waals surface area contributed by atoms with Gasteiger partial charge in [-0.1, -0.05) is 60.7 Å². The fraction of sp³-hybridized carbons (Fsp3) is 0.308. The minimum Gasteiger partial charge on any atom is -0.349 e. The van der Waals surface area contributed by atoms with E-state index in [4.69, 9.17) is 11.5 Å². The van der Waals surface area contributed by atoms with Gasteiger partial charge >= 0.3 is 24.7 Å². The predicted molar refractivity (Wildman–Crippen MR) is 248 cm³/mol. The number of benzene rings is 6. The molecule has 0 aromatic heterocycles. The summed E-state index contributed by atoms with van der Waals surface area (Å²) in [5, 5.41) is 0. The van der Waals surface area contributed by atoms with Gasteiger partial charge in [0.05, 0.1) is 23.0 Å². The van der Waals surface area contributed by atoms with Crippen molar-refractivity contribution in [2.75, 3.05) is 0 Å². The molecule has 2 aliphatic carbocycles. The Hall–Kier alpha value is -6.20. The van der Waals surface area contributed by atoms with E-state index >= 15 is 0 Å². The molecule has 6 aromatic rings. The SMILES string of the molecule is NC1CC(c2ccc(C(OCc3c(F)cccc3F)(C(F)(F)F)C(F)(F)F)cc2)(S(=O)(=O)c2ccc(F)cc2)C1.NC1CC(c2ccc(C(OCc3c(F)cccc3F)(C(F)(F)F)C(F)(F)F)cc2)(S(=O)(=O)c2ccc(F)cc2)C1. The highest BCUT2D eigenvalue weighted by Gasteiger charge is 2.75. The van der Waals surface area contributed by atoms with Crippen molar-refractivity contribution >= 4 is 19.7 Å². The molecule has 0 bridgehead atoms. The van der Waals surface area contributed by atoms with Gasteiger partial charge in [0.1, 0.15) is 44.4 Å². The van der Waals surface area contributed by atoms with Crippen LogP contribution in [0.5, 0.6) is 0 Å². The third-order valence-corrected chi connectivity index (χ3v) is 18.8. The van der Waals surface area contributed by atoms with Gasteiger partial charge in [-0.3, -0.25) is 0 Å². The maximum Gasteiger partial charge on any atom is 0.430 e. The first kappa shape index (κ1) is 61.4. The summed E-state index contributed by atoms with van der Waals surface area (Å²) in [6, 6.07) is 15.2. The molecule has 0 heterocycles. The second-order valence-corrected chi connectivity index (χ2v) is 23.2. The van der Waals surface area contributed by atoms with Gasteiger partial charge in [-0.2, -0.15) is 52.7 Å². The maximum absolute atomic E-state index is 14.2. The van der Waals surface area contributed by atoms with Crippen LogP contribution in [0.25, 0.3) is 0 Å². The van der Waals surface area contributed by atoms with Crippen molar-refractivity contribution in [3.8, 4) is 0 Å². The Morgan fingerprint density at radius 1 is 0.400 bits per heavy atom. The summed E-state index contributed by atoms with van der Waals surface area (Å²) < 4.78 is 312. The largest absolute Gasteiger partial charge is 0.430 e. The number of alkyl halides is 12. The minimum atomic E-state index is -6.16. The highest BCUT2D eigenvalue weighted by molar-refractivity contribution is 7.92. The van der Waals surface area contributed by atoms with Crippen molar-refractivity contribution < 1.29 is 105 Å². The van der Waals surface area contributed by atoms with Crippen LogP contribution in [0, 0.1) is 34.9 Å². The monoisotopic (exact) mass is 1190 g/mol. The number of rotatable bonds is 14. The molecular weight excluding hydrogens is 1150 g/mol. The Balaban J connectivity index is 0.000000231. The normalized spacial score (nSPS) is 20.3. The van der Waals surface area contributed by atoms with Gasteiger partial charge in [-0.25, -0.2) is 43.2 Å². The number of hydrogen-bond acceptors (Lipinski definition) is 8. The van der Waals surface area contributed by atoms with Crippen molar-refractivity contribution in [3.05, 3.63) is 202 Å². The number of sulfone groups is 2. The molecule has 8 rings (SSSR count). The third-order valence-electron chi connectivity index (χ3n) is 13.9. The van der Waals surface area contributed by atoms with Crippen LogP contribution < -0.4 is 11.5 Å². The lowest BCUT2D eigenvalue weighted by molar-refractivity contribution is -0.393. The summed E-state index contributed by atoms with van der Waals surface area (Å²) in [5.41, 5.74) is -3.99. The van der Waals surface area contributed by atoms with Crippen LogP contribution >= 0.6 is 0 Å². The Morgan fingerprint density at radius 2 is 0.650 bits per heavy atom. The minimum absolute atomic E-state index is 0.152. The first-order valence-electron chi connectivity index (χ1n) is 23.1. The zero-order chi connectivity index (χ0) is 59.5. The molecule has 8 nitrogen and oxygen atoms in total. The van der Waals surface area contributed by atoms with E-state index in [-0.39, 0.29) is 46.6 Å². The van der Waals surface area contributed by atoms with Gasteiger partial charge in [-0.05, 0) is 110 Å². The zero-order valence-electron chi connectivity index (χ0n) is 40.3. The molecule has 2 saturated carbocycles. The Bertz CT molecular complexity index is 3120. The van der Waals surface area contributed by atoms with E-state index in [1.54, 1.807) is 0 Å². The van der Waals surface area contributed by atoms with Crippen LogP contribution in [-0.4, -0.2) is 53.6 Å². The summed E-state index contributed by atoms with van der Waals surface area (Å²) >= 11 is 0. The topological polar surface area (TPSA) is 139 Å². The number of ether oxygens (including phenoxy) is 2. The summed E-state index contributed by atoms with van der Waals surface area (Å²) in [5.74, 6) is -7.11. The van der Waals surface area contributed by atoms with Crippen LogP contribution in [0.1, 0.15) is 59.1 Å². The van der Waals surface area contributed by atoms with Crippen LogP contribution in [0.3, 0.4) is 0 Å². The number of hydrogen-bond donors (Lipinski definition) is 2. The van der Waals surface area contributed by atoms with E-state index < -0.39 is 148 Å². The van der Waals surface area contributed by atoms with Crippen molar-refractivity contribution in [2.24, 2.45) is 11.5 Å².